The quantitative estimate of drug-likeness (QED) is 0.184. The molecule has 0 atom stereocenters. The molecule has 0 unspecified atom stereocenters. The zero-order valence-corrected chi connectivity index (χ0v) is 27.8. The number of hydrogen-bond acceptors (Lipinski definition) is 4. The molecule has 0 aliphatic carbocycles. The van der Waals surface area contributed by atoms with Gasteiger partial charge in [-0.15, -0.1) is 0 Å². The summed E-state index contributed by atoms with van der Waals surface area (Å²) < 4.78 is 4.45. The van der Waals surface area contributed by atoms with E-state index in [4.69, 9.17) is 15.0 Å². The molecule has 0 bridgehead atoms. The van der Waals surface area contributed by atoms with Crippen LogP contribution in [-0.4, -0.2) is 24.1 Å². The maximum absolute atomic E-state index is 9.90. The van der Waals surface area contributed by atoms with Gasteiger partial charge < -0.3 is 4.57 Å². The maximum Gasteiger partial charge on any atom is 0.238 e. The summed E-state index contributed by atoms with van der Waals surface area (Å²) in [7, 11) is 0. The highest BCUT2D eigenvalue weighted by Gasteiger charge is 2.20. The lowest BCUT2D eigenvalue weighted by Crippen LogP contribution is -2.06. The summed E-state index contributed by atoms with van der Waals surface area (Å²) in [6.45, 7) is 0. The van der Waals surface area contributed by atoms with E-state index >= 15 is 0 Å². The first-order valence-electron chi connectivity index (χ1n) is 17.2. The fraction of sp³-hybridized carbons (Fsp3) is 0. The zero-order chi connectivity index (χ0) is 34.6. The van der Waals surface area contributed by atoms with Crippen LogP contribution < -0.4 is 0 Å². The molecule has 3 aromatic heterocycles. The Labute approximate surface area is 299 Å². The monoisotopic (exact) mass is 664 g/mol. The van der Waals surface area contributed by atoms with Gasteiger partial charge in [-0.05, 0) is 60.2 Å². The second-order valence-electron chi connectivity index (χ2n) is 12.8. The van der Waals surface area contributed by atoms with Gasteiger partial charge in [-0.1, -0.05) is 115 Å². The fourth-order valence-electron chi connectivity index (χ4n) is 7.49. The molecule has 0 aliphatic heterocycles. The molecule has 0 saturated heterocycles. The van der Waals surface area contributed by atoms with Crippen LogP contribution in [0, 0.1) is 11.3 Å². The standard InChI is InChI=1S/C46H28N6/c47-29-30-13-12-16-32(27-30)38-28-33(25-26-43(38)51-39-21-8-4-17-34(39)35-18-5-9-22-40(35)51)45-48-44(31-14-2-1-3-15-31)49-46(50-45)52-41-23-10-6-19-36(41)37-20-7-11-24-42(37)52/h1-28H. The van der Waals surface area contributed by atoms with Crippen molar-refractivity contribution in [2.24, 2.45) is 0 Å². The largest absolute Gasteiger partial charge is 0.309 e. The topological polar surface area (TPSA) is 72.3 Å². The first-order valence-corrected chi connectivity index (χ1v) is 17.2. The summed E-state index contributed by atoms with van der Waals surface area (Å²) in [5.41, 5.74) is 9.47. The highest BCUT2D eigenvalue weighted by Crippen LogP contribution is 2.39. The lowest BCUT2D eigenvalue weighted by molar-refractivity contribution is 0.953. The van der Waals surface area contributed by atoms with E-state index in [1.807, 2.05) is 60.7 Å². The molecule has 6 nitrogen and oxygen atoms in total. The van der Waals surface area contributed by atoms with Crippen molar-refractivity contribution >= 4 is 43.6 Å². The van der Waals surface area contributed by atoms with Gasteiger partial charge in [0.05, 0.1) is 39.4 Å². The Morgan fingerprint density at radius 2 is 0.904 bits per heavy atom. The second kappa shape index (κ2) is 11.9. The van der Waals surface area contributed by atoms with Crippen molar-refractivity contribution in [3.05, 3.63) is 175 Å². The molecular weight excluding hydrogens is 637 g/mol. The average molecular weight is 665 g/mol. The number of benzene rings is 7. The van der Waals surface area contributed by atoms with Gasteiger partial charge in [0.15, 0.2) is 11.6 Å². The molecule has 6 heteroatoms. The molecule has 0 amide bonds. The van der Waals surface area contributed by atoms with Gasteiger partial charge in [-0.2, -0.15) is 15.2 Å². The molecule has 10 rings (SSSR count). The van der Waals surface area contributed by atoms with Crippen LogP contribution in [0.1, 0.15) is 5.56 Å². The van der Waals surface area contributed by atoms with Crippen molar-refractivity contribution < 1.29 is 0 Å². The molecule has 242 valence electrons. The number of nitrogens with zero attached hydrogens (tertiary/aromatic N) is 6. The van der Waals surface area contributed by atoms with Gasteiger partial charge in [0.2, 0.25) is 5.95 Å². The minimum Gasteiger partial charge on any atom is -0.309 e. The Bertz CT molecular complexity index is 2930. The van der Waals surface area contributed by atoms with E-state index in [1.54, 1.807) is 0 Å². The molecule has 0 aliphatic rings. The molecule has 0 N–H and O–H groups in total. The summed E-state index contributed by atoms with van der Waals surface area (Å²) in [4.78, 5) is 15.4. The SMILES string of the molecule is N#Cc1cccc(-c2cc(-c3nc(-c4ccccc4)nc(-n4c5ccccc5c5ccccc54)n3)ccc2-n2c3ccccc3c3ccccc32)c1. The Morgan fingerprint density at radius 3 is 1.48 bits per heavy atom. The van der Waals surface area contributed by atoms with E-state index < -0.39 is 0 Å². The van der Waals surface area contributed by atoms with Crippen LogP contribution >= 0.6 is 0 Å². The minimum absolute atomic E-state index is 0.542. The van der Waals surface area contributed by atoms with Crippen LogP contribution in [0.4, 0.5) is 0 Å². The fourth-order valence-corrected chi connectivity index (χ4v) is 7.49. The number of aromatic nitrogens is 5. The van der Waals surface area contributed by atoms with Gasteiger partial charge in [0.25, 0.3) is 0 Å². The van der Waals surface area contributed by atoms with Crippen LogP contribution in [0.25, 0.3) is 89.2 Å². The highest BCUT2D eigenvalue weighted by molar-refractivity contribution is 6.10. The molecule has 0 spiro atoms. The minimum atomic E-state index is 0.542. The molecule has 3 heterocycles. The third-order valence-electron chi connectivity index (χ3n) is 9.81. The predicted octanol–water partition coefficient (Wildman–Crippen LogP) is 10.9. The van der Waals surface area contributed by atoms with E-state index in [0.717, 1.165) is 60.8 Å². The smallest absolute Gasteiger partial charge is 0.238 e. The zero-order valence-electron chi connectivity index (χ0n) is 27.8. The van der Waals surface area contributed by atoms with Crippen molar-refractivity contribution in [1.29, 1.82) is 5.26 Å². The first kappa shape index (κ1) is 29.5. The van der Waals surface area contributed by atoms with E-state index in [9.17, 15) is 5.26 Å². The first-order chi connectivity index (χ1) is 25.7. The number of hydrogen-bond donors (Lipinski definition) is 0. The summed E-state index contributed by atoms with van der Waals surface area (Å²) in [6, 6.07) is 60.3. The molecular formula is C46H28N6. The van der Waals surface area contributed by atoms with E-state index in [2.05, 4.69) is 124 Å². The lowest BCUT2D eigenvalue weighted by atomic mass is 9.98. The van der Waals surface area contributed by atoms with Gasteiger partial charge in [-0.3, -0.25) is 4.57 Å². The van der Waals surface area contributed by atoms with Gasteiger partial charge >= 0.3 is 0 Å². The second-order valence-corrected chi connectivity index (χ2v) is 12.8. The Morgan fingerprint density at radius 1 is 0.404 bits per heavy atom. The molecule has 10 aromatic rings. The van der Waals surface area contributed by atoms with Gasteiger partial charge in [-0.25, -0.2) is 4.98 Å². The van der Waals surface area contributed by atoms with Crippen LogP contribution in [-0.2, 0) is 0 Å². The summed E-state index contributed by atoms with van der Waals surface area (Å²) >= 11 is 0. The average Bonchev–Trinajstić information content (AvgIpc) is 3.74. The molecule has 0 fully saturated rings. The van der Waals surface area contributed by atoms with Crippen LogP contribution in [0.3, 0.4) is 0 Å². The molecule has 0 saturated carbocycles. The van der Waals surface area contributed by atoms with Gasteiger partial charge in [0.1, 0.15) is 0 Å². The Hall–Kier alpha value is -7.36. The molecule has 0 radical (unpaired) electrons. The summed E-state index contributed by atoms with van der Waals surface area (Å²) in [5, 5.41) is 14.5. The van der Waals surface area contributed by atoms with Crippen LogP contribution in [0.2, 0.25) is 0 Å². The normalized spacial score (nSPS) is 11.4. The third kappa shape index (κ3) is 4.68. The van der Waals surface area contributed by atoms with Crippen LogP contribution in [0.15, 0.2) is 170 Å². The summed E-state index contributed by atoms with van der Waals surface area (Å²) in [5.74, 6) is 1.68. The van der Waals surface area contributed by atoms with Crippen LogP contribution in [0.5, 0.6) is 0 Å². The molecule has 7 aromatic carbocycles. The summed E-state index contributed by atoms with van der Waals surface area (Å²) in [6.07, 6.45) is 0. The van der Waals surface area contributed by atoms with Crippen molar-refractivity contribution in [1.82, 2.24) is 24.1 Å². The van der Waals surface area contributed by atoms with E-state index in [-0.39, 0.29) is 0 Å². The number of nitriles is 1. The van der Waals surface area contributed by atoms with E-state index in [1.165, 1.54) is 10.8 Å². The highest BCUT2D eigenvalue weighted by atomic mass is 15.2. The lowest BCUT2D eigenvalue weighted by Gasteiger charge is -2.16. The molecule has 52 heavy (non-hydrogen) atoms. The third-order valence-corrected chi connectivity index (χ3v) is 9.81. The number of para-hydroxylation sites is 4. The van der Waals surface area contributed by atoms with Crippen molar-refractivity contribution in [3.8, 4) is 51.6 Å². The Kier molecular flexibility index (Phi) is 6.76. The van der Waals surface area contributed by atoms with Crippen molar-refractivity contribution in [2.45, 2.75) is 0 Å². The van der Waals surface area contributed by atoms with Crippen molar-refractivity contribution in [2.75, 3.05) is 0 Å². The number of fused-ring (bicyclic) bond motifs is 6. The van der Waals surface area contributed by atoms with E-state index in [0.29, 0.717) is 23.2 Å². The number of rotatable bonds is 5. The van der Waals surface area contributed by atoms with Crippen molar-refractivity contribution in [3.63, 3.8) is 0 Å². The Balaban J connectivity index is 1.26. The predicted molar refractivity (Wildman–Crippen MR) is 210 cm³/mol. The van der Waals surface area contributed by atoms with Gasteiger partial charge in [0, 0.05) is 38.2 Å². The maximum atomic E-state index is 9.90.